The van der Waals surface area contributed by atoms with Crippen LogP contribution in [0.5, 0.6) is 0 Å². The Bertz CT molecular complexity index is 957. The molecule has 5 nitrogen and oxygen atoms in total. The molecule has 0 aliphatic heterocycles. The first-order valence-corrected chi connectivity index (χ1v) is 8.80. The number of sulfonamides is 1. The third-order valence-corrected chi connectivity index (χ3v) is 5.34. The highest BCUT2D eigenvalue weighted by molar-refractivity contribution is 7.92. The van der Waals surface area contributed by atoms with Crippen LogP contribution in [0.3, 0.4) is 0 Å². The molecule has 1 aromatic heterocycles. The highest BCUT2D eigenvalue weighted by atomic mass is 32.2. The second-order valence-electron chi connectivity index (χ2n) is 5.61. The number of anilines is 1. The van der Waals surface area contributed by atoms with E-state index in [1.165, 1.54) is 0 Å². The monoisotopic (exact) mass is 329 g/mol. The number of aromatic nitrogens is 1. The summed E-state index contributed by atoms with van der Waals surface area (Å²) < 4.78 is 27.8. The van der Waals surface area contributed by atoms with Crippen molar-refractivity contribution in [3.63, 3.8) is 0 Å². The Morgan fingerprint density at radius 3 is 2.39 bits per heavy atom. The standard InChI is InChI=1S/C17H19N3O2S/c1-11-3-8-15(17-16(11)12(2)10-19-17)20-23(21,22)14-6-4-13(9-18)5-7-14/h3-8,10,19-20H,9,18H2,1-2H3. The number of hydrogen-bond donors (Lipinski definition) is 3. The smallest absolute Gasteiger partial charge is 0.261 e. The molecule has 2 aromatic carbocycles. The van der Waals surface area contributed by atoms with Gasteiger partial charge in [-0.05, 0) is 48.7 Å². The fourth-order valence-corrected chi connectivity index (χ4v) is 3.78. The molecule has 1 heterocycles. The summed E-state index contributed by atoms with van der Waals surface area (Å²) >= 11 is 0. The van der Waals surface area contributed by atoms with Gasteiger partial charge in [0.25, 0.3) is 10.0 Å². The van der Waals surface area contributed by atoms with E-state index in [9.17, 15) is 8.42 Å². The van der Waals surface area contributed by atoms with Crippen LogP contribution < -0.4 is 10.5 Å². The Morgan fingerprint density at radius 2 is 1.74 bits per heavy atom. The highest BCUT2D eigenvalue weighted by Gasteiger charge is 2.17. The third kappa shape index (κ3) is 2.83. The van der Waals surface area contributed by atoms with E-state index in [1.807, 2.05) is 26.1 Å². The van der Waals surface area contributed by atoms with Crippen molar-refractivity contribution < 1.29 is 8.42 Å². The number of H-pyrrole nitrogens is 1. The Balaban J connectivity index is 2.02. The van der Waals surface area contributed by atoms with E-state index < -0.39 is 10.0 Å². The molecule has 0 atom stereocenters. The summed E-state index contributed by atoms with van der Waals surface area (Å²) in [6.07, 6.45) is 1.88. The summed E-state index contributed by atoms with van der Waals surface area (Å²) in [7, 11) is -3.64. The van der Waals surface area contributed by atoms with Gasteiger partial charge in [0, 0.05) is 18.1 Å². The van der Waals surface area contributed by atoms with Crippen molar-refractivity contribution in [2.24, 2.45) is 5.73 Å². The number of aromatic amines is 1. The molecule has 0 saturated heterocycles. The van der Waals surface area contributed by atoms with Crippen LogP contribution in [0.4, 0.5) is 5.69 Å². The van der Waals surface area contributed by atoms with Crippen molar-refractivity contribution in [1.82, 2.24) is 4.98 Å². The number of hydrogen-bond acceptors (Lipinski definition) is 3. The van der Waals surface area contributed by atoms with Gasteiger partial charge in [-0.25, -0.2) is 8.42 Å². The number of benzene rings is 2. The maximum absolute atomic E-state index is 12.6. The minimum Gasteiger partial charge on any atom is -0.359 e. The van der Waals surface area contributed by atoms with Gasteiger partial charge in [0.2, 0.25) is 0 Å². The zero-order valence-electron chi connectivity index (χ0n) is 13.1. The van der Waals surface area contributed by atoms with Gasteiger partial charge >= 0.3 is 0 Å². The van der Waals surface area contributed by atoms with E-state index in [0.717, 1.165) is 27.6 Å². The second kappa shape index (κ2) is 5.72. The number of rotatable bonds is 4. The van der Waals surface area contributed by atoms with Crippen molar-refractivity contribution in [2.75, 3.05) is 4.72 Å². The first-order chi connectivity index (χ1) is 10.9. The molecule has 0 fully saturated rings. The van der Waals surface area contributed by atoms with Crippen molar-refractivity contribution in [3.05, 3.63) is 59.3 Å². The summed E-state index contributed by atoms with van der Waals surface area (Å²) in [5, 5.41) is 1.05. The number of fused-ring (bicyclic) bond motifs is 1. The van der Waals surface area contributed by atoms with Crippen LogP contribution in [0, 0.1) is 13.8 Å². The normalized spacial score (nSPS) is 11.8. The van der Waals surface area contributed by atoms with Crippen molar-refractivity contribution in [3.8, 4) is 0 Å². The Kier molecular flexibility index (Phi) is 3.87. The predicted octanol–water partition coefficient (Wildman–Crippen LogP) is 3.04. The number of aryl methyl sites for hydroxylation is 2. The summed E-state index contributed by atoms with van der Waals surface area (Å²) in [4.78, 5) is 3.36. The summed E-state index contributed by atoms with van der Waals surface area (Å²) in [5.41, 5.74) is 9.97. The molecule has 0 amide bonds. The zero-order valence-corrected chi connectivity index (χ0v) is 13.9. The summed E-state index contributed by atoms with van der Waals surface area (Å²) in [6, 6.07) is 10.3. The van der Waals surface area contributed by atoms with Crippen molar-refractivity contribution >= 4 is 26.6 Å². The Hall–Kier alpha value is -2.31. The maximum atomic E-state index is 12.6. The number of nitrogens with two attached hydrogens (primary N) is 1. The molecule has 0 aliphatic rings. The average Bonchev–Trinajstić information content (AvgIpc) is 2.93. The van der Waals surface area contributed by atoms with Gasteiger partial charge in [0.1, 0.15) is 0 Å². The Morgan fingerprint density at radius 1 is 1.04 bits per heavy atom. The largest absolute Gasteiger partial charge is 0.359 e. The molecule has 23 heavy (non-hydrogen) atoms. The lowest BCUT2D eigenvalue weighted by molar-refractivity contribution is 0.601. The van der Waals surface area contributed by atoms with Gasteiger partial charge < -0.3 is 10.7 Å². The molecule has 0 spiro atoms. The lowest BCUT2D eigenvalue weighted by Crippen LogP contribution is -2.13. The van der Waals surface area contributed by atoms with Gasteiger partial charge in [-0.15, -0.1) is 0 Å². The van der Waals surface area contributed by atoms with E-state index >= 15 is 0 Å². The second-order valence-corrected chi connectivity index (χ2v) is 7.29. The quantitative estimate of drug-likeness (QED) is 0.687. The first-order valence-electron chi connectivity index (χ1n) is 7.31. The lowest BCUT2D eigenvalue weighted by Gasteiger charge is -2.11. The third-order valence-electron chi connectivity index (χ3n) is 3.95. The van der Waals surface area contributed by atoms with E-state index in [-0.39, 0.29) is 4.90 Å². The van der Waals surface area contributed by atoms with Crippen LogP contribution in [0.25, 0.3) is 10.9 Å². The van der Waals surface area contributed by atoms with Crippen molar-refractivity contribution in [1.29, 1.82) is 0 Å². The molecule has 0 bridgehead atoms. The molecule has 0 unspecified atom stereocenters. The molecule has 120 valence electrons. The van der Waals surface area contributed by atoms with Crippen LogP contribution in [0.2, 0.25) is 0 Å². The molecule has 0 radical (unpaired) electrons. The maximum Gasteiger partial charge on any atom is 0.261 e. The lowest BCUT2D eigenvalue weighted by atomic mass is 10.1. The Labute approximate surface area is 135 Å². The van der Waals surface area contributed by atoms with E-state index in [4.69, 9.17) is 5.73 Å². The van der Waals surface area contributed by atoms with E-state index in [0.29, 0.717) is 12.2 Å². The molecule has 0 aliphatic carbocycles. The van der Waals surface area contributed by atoms with Gasteiger partial charge in [0.05, 0.1) is 16.1 Å². The molecule has 0 saturated carbocycles. The van der Waals surface area contributed by atoms with Crippen LogP contribution in [0.15, 0.2) is 47.5 Å². The molecule has 6 heteroatoms. The highest BCUT2D eigenvalue weighted by Crippen LogP contribution is 2.29. The molecular weight excluding hydrogens is 310 g/mol. The molecule has 3 aromatic rings. The minimum atomic E-state index is -3.64. The topological polar surface area (TPSA) is 88.0 Å². The van der Waals surface area contributed by atoms with Crippen molar-refractivity contribution in [2.45, 2.75) is 25.3 Å². The van der Waals surface area contributed by atoms with E-state index in [1.54, 1.807) is 30.3 Å². The molecule has 4 N–H and O–H groups in total. The molecule has 3 rings (SSSR count). The predicted molar refractivity (Wildman–Crippen MR) is 92.9 cm³/mol. The van der Waals surface area contributed by atoms with Gasteiger partial charge in [-0.3, -0.25) is 4.72 Å². The minimum absolute atomic E-state index is 0.215. The first kappa shape index (κ1) is 15.6. The fourth-order valence-electron chi connectivity index (χ4n) is 2.71. The fraction of sp³-hybridized carbons (Fsp3) is 0.176. The van der Waals surface area contributed by atoms with Crippen LogP contribution in [-0.2, 0) is 16.6 Å². The van der Waals surface area contributed by atoms with Gasteiger partial charge in [0.15, 0.2) is 0 Å². The average molecular weight is 329 g/mol. The summed E-state index contributed by atoms with van der Waals surface area (Å²) in [5.74, 6) is 0. The SMILES string of the molecule is Cc1ccc(NS(=O)(=O)c2ccc(CN)cc2)c2[nH]cc(C)c12. The van der Waals surface area contributed by atoms with Crippen LogP contribution in [-0.4, -0.2) is 13.4 Å². The van der Waals surface area contributed by atoms with Crippen LogP contribution >= 0.6 is 0 Å². The van der Waals surface area contributed by atoms with Gasteiger partial charge in [-0.2, -0.15) is 0 Å². The van der Waals surface area contributed by atoms with Crippen LogP contribution in [0.1, 0.15) is 16.7 Å². The molecular formula is C17H19N3O2S. The van der Waals surface area contributed by atoms with Gasteiger partial charge in [-0.1, -0.05) is 18.2 Å². The summed E-state index contributed by atoms with van der Waals surface area (Å²) in [6.45, 7) is 4.39. The zero-order chi connectivity index (χ0) is 16.6. The number of nitrogens with one attached hydrogen (secondary N) is 2. The van der Waals surface area contributed by atoms with E-state index in [2.05, 4.69) is 9.71 Å².